The van der Waals surface area contributed by atoms with Crippen molar-refractivity contribution in [2.45, 2.75) is 11.7 Å². The van der Waals surface area contributed by atoms with E-state index in [1.54, 1.807) is 6.20 Å². The van der Waals surface area contributed by atoms with Gasteiger partial charge in [0.05, 0.1) is 28.9 Å². The Kier molecular flexibility index (Phi) is 6.08. The molecule has 13 heteroatoms. The number of ketones is 1. The van der Waals surface area contributed by atoms with Crippen molar-refractivity contribution in [1.29, 1.82) is 0 Å². The van der Waals surface area contributed by atoms with Gasteiger partial charge in [-0.3, -0.25) is 23.5 Å². The highest BCUT2D eigenvalue weighted by atomic mass is 35.5. The Morgan fingerprint density at radius 1 is 1.36 bits per heavy atom. The number of halogens is 2. The van der Waals surface area contributed by atoms with Gasteiger partial charge in [-0.2, -0.15) is 0 Å². The third-order valence-corrected chi connectivity index (χ3v) is 5.19. The number of nitrogens with one attached hydrogen (secondary N) is 1. The number of Topliss-reactive ketones (excluding diaryl/α,β-unsaturated/α-hetero) is 1. The number of hydrogen-bond donors (Lipinski definition) is 2. The van der Waals surface area contributed by atoms with E-state index in [4.69, 9.17) is 33.7 Å². The van der Waals surface area contributed by atoms with Crippen LogP contribution in [0.25, 0.3) is 5.65 Å². The predicted molar refractivity (Wildman–Crippen MR) is 106 cm³/mol. The fourth-order valence-corrected chi connectivity index (χ4v) is 3.76. The van der Waals surface area contributed by atoms with Crippen LogP contribution in [-0.4, -0.2) is 49.4 Å². The molecule has 3 heterocycles. The number of rotatable bonds is 7. The topological polar surface area (TPSA) is 137 Å². The maximum absolute atomic E-state index is 12.6. The number of H-pyrrole nitrogens is 1. The second kappa shape index (κ2) is 8.35. The number of methoxy groups -OCH3 is 1. The molecule has 0 saturated carbocycles. The molecule has 0 atom stereocenters. The number of nitrogen functional groups attached to an aromatic ring is 1. The summed E-state index contributed by atoms with van der Waals surface area (Å²) in [6, 6.07) is 1.52. The SMILES string of the molecule is COCCn1c(N)c(C(=O)CSc2nnc3c(Cl)cc(Cl)cn23)c(=O)[nH]c1=O. The fraction of sp³-hybridized carbons (Fsp3) is 0.267. The van der Waals surface area contributed by atoms with Gasteiger partial charge < -0.3 is 10.5 Å². The molecule has 148 valence electrons. The standard InChI is InChI=1S/C15H14Cl2N6O4S/c1-27-3-2-22-11(18)10(13(25)19-14(22)26)9(24)6-28-15-21-20-12-8(17)4-7(16)5-23(12)15/h4-5H,2-3,6,18H2,1H3,(H,19,25,26). The highest BCUT2D eigenvalue weighted by Gasteiger charge is 2.20. The molecule has 0 unspecified atom stereocenters. The summed E-state index contributed by atoms with van der Waals surface area (Å²) >= 11 is 13.1. The number of carbonyl (C=O) groups is 1. The summed E-state index contributed by atoms with van der Waals surface area (Å²) in [7, 11) is 1.46. The third-order valence-electron chi connectivity index (χ3n) is 3.77. The molecule has 0 spiro atoms. The summed E-state index contributed by atoms with van der Waals surface area (Å²) in [5, 5.41) is 8.95. The van der Waals surface area contributed by atoms with Crippen molar-refractivity contribution < 1.29 is 9.53 Å². The summed E-state index contributed by atoms with van der Waals surface area (Å²) in [5.74, 6) is -0.950. The van der Waals surface area contributed by atoms with Crippen LogP contribution < -0.4 is 17.0 Å². The lowest BCUT2D eigenvalue weighted by Gasteiger charge is -2.11. The molecule has 0 fully saturated rings. The number of ether oxygens (including phenoxy) is 1. The molecular weight excluding hydrogens is 431 g/mol. The molecule has 0 radical (unpaired) electrons. The van der Waals surface area contributed by atoms with E-state index in [1.807, 2.05) is 0 Å². The Bertz CT molecular complexity index is 1170. The van der Waals surface area contributed by atoms with Gasteiger partial charge in [0.1, 0.15) is 11.4 Å². The van der Waals surface area contributed by atoms with Crippen LogP contribution in [0.3, 0.4) is 0 Å². The zero-order valence-electron chi connectivity index (χ0n) is 14.4. The van der Waals surface area contributed by atoms with E-state index in [2.05, 4.69) is 15.2 Å². The molecule has 3 rings (SSSR count). The number of carbonyl (C=O) groups excluding carboxylic acids is 1. The van der Waals surface area contributed by atoms with Crippen LogP contribution in [-0.2, 0) is 11.3 Å². The highest BCUT2D eigenvalue weighted by Crippen LogP contribution is 2.25. The van der Waals surface area contributed by atoms with Gasteiger partial charge in [0.2, 0.25) is 0 Å². The number of anilines is 1. The summed E-state index contributed by atoms with van der Waals surface area (Å²) in [4.78, 5) is 38.7. The minimum Gasteiger partial charge on any atom is -0.384 e. The molecule has 3 N–H and O–H groups in total. The molecular formula is C15H14Cl2N6O4S. The van der Waals surface area contributed by atoms with Gasteiger partial charge in [-0.15, -0.1) is 10.2 Å². The number of aromatic amines is 1. The van der Waals surface area contributed by atoms with Gasteiger partial charge in [-0.05, 0) is 6.07 Å². The fourth-order valence-electron chi connectivity index (χ4n) is 2.46. The van der Waals surface area contributed by atoms with Crippen molar-refractivity contribution in [2.24, 2.45) is 0 Å². The number of aromatic nitrogens is 5. The Morgan fingerprint density at radius 2 is 2.11 bits per heavy atom. The van der Waals surface area contributed by atoms with Crippen molar-refractivity contribution >= 4 is 52.2 Å². The normalized spacial score (nSPS) is 11.2. The average molecular weight is 445 g/mol. The summed E-state index contributed by atoms with van der Waals surface area (Å²) in [6.07, 6.45) is 1.56. The van der Waals surface area contributed by atoms with E-state index in [-0.39, 0.29) is 30.3 Å². The molecule has 0 amide bonds. The number of fused-ring (bicyclic) bond motifs is 1. The lowest BCUT2D eigenvalue weighted by atomic mass is 10.2. The lowest BCUT2D eigenvalue weighted by molar-refractivity contribution is 0.102. The predicted octanol–water partition coefficient (Wildman–Crippen LogP) is 1.09. The second-order valence-corrected chi connectivity index (χ2v) is 7.34. The van der Waals surface area contributed by atoms with Crippen LogP contribution in [0.15, 0.2) is 27.0 Å². The van der Waals surface area contributed by atoms with E-state index in [0.717, 1.165) is 16.3 Å². The van der Waals surface area contributed by atoms with Crippen LogP contribution in [0, 0.1) is 0 Å². The Morgan fingerprint density at radius 3 is 2.82 bits per heavy atom. The lowest BCUT2D eigenvalue weighted by Crippen LogP contribution is -2.37. The third kappa shape index (κ3) is 3.92. The van der Waals surface area contributed by atoms with Crippen LogP contribution in [0.1, 0.15) is 10.4 Å². The zero-order valence-corrected chi connectivity index (χ0v) is 16.8. The smallest absolute Gasteiger partial charge is 0.330 e. The van der Waals surface area contributed by atoms with Gasteiger partial charge >= 0.3 is 5.69 Å². The van der Waals surface area contributed by atoms with Crippen LogP contribution >= 0.6 is 35.0 Å². The number of thioether (sulfide) groups is 1. The molecule has 0 aliphatic carbocycles. The van der Waals surface area contributed by atoms with Gasteiger partial charge in [-0.25, -0.2) is 4.79 Å². The molecule has 28 heavy (non-hydrogen) atoms. The largest absolute Gasteiger partial charge is 0.384 e. The second-order valence-electron chi connectivity index (χ2n) is 5.56. The highest BCUT2D eigenvalue weighted by molar-refractivity contribution is 7.99. The van der Waals surface area contributed by atoms with Gasteiger partial charge in [0.25, 0.3) is 5.56 Å². The monoisotopic (exact) mass is 444 g/mol. The van der Waals surface area contributed by atoms with E-state index in [0.29, 0.717) is 20.8 Å². The van der Waals surface area contributed by atoms with Gasteiger partial charge in [0.15, 0.2) is 16.6 Å². The molecule has 3 aromatic rings. The first-order valence-corrected chi connectivity index (χ1v) is 9.55. The first-order valence-electron chi connectivity index (χ1n) is 7.80. The average Bonchev–Trinajstić information content (AvgIpc) is 3.02. The van der Waals surface area contributed by atoms with E-state index >= 15 is 0 Å². The Balaban J connectivity index is 1.88. The van der Waals surface area contributed by atoms with E-state index in [1.165, 1.54) is 17.6 Å². The summed E-state index contributed by atoms with van der Waals surface area (Å²) in [6.45, 7) is 0.281. The zero-order chi connectivity index (χ0) is 20.4. The number of pyridine rings is 1. The first kappa shape index (κ1) is 20.4. The number of nitrogens with zero attached hydrogens (tertiary/aromatic N) is 4. The van der Waals surface area contributed by atoms with Crippen molar-refractivity contribution in [3.05, 3.63) is 48.7 Å². The van der Waals surface area contributed by atoms with Crippen LogP contribution in [0.5, 0.6) is 0 Å². The first-order chi connectivity index (χ1) is 13.3. The van der Waals surface area contributed by atoms with Crippen molar-refractivity contribution in [2.75, 3.05) is 25.2 Å². The van der Waals surface area contributed by atoms with Gasteiger partial charge in [-0.1, -0.05) is 35.0 Å². The summed E-state index contributed by atoms with van der Waals surface area (Å²) in [5.41, 5.74) is 4.42. The maximum Gasteiger partial charge on any atom is 0.330 e. The molecule has 0 aromatic carbocycles. The van der Waals surface area contributed by atoms with Gasteiger partial charge in [0, 0.05) is 13.3 Å². The van der Waals surface area contributed by atoms with E-state index < -0.39 is 17.0 Å². The minimum absolute atomic E-state index is 0.0944. The van der Waals surface area contributed by atoms with Crippen molar-refractivity contribution in [3.8, 4) is 0 Å². The minimum atomic E-state index is -0.848. The molecule has 3 aromatic heterocycles. The number of nitrogens with two attached hydrogens (primary N) is 1. The Labute approximate surface area is 171 Å². The van der Waals surface area contributed by atoms with Crippen LogP contribution in [0.4, 0.5) is 5.82 Å². The quantitative estimate of drug-likeness (QED) is 0.407. The van der Waals surface area contributed by atoms with Crippen molar-refractivity contribution in [3.63, 3.8) is 0 Å². The van der Waals surface area contributed by atoms with Crippen molar-refractivity contribution in [1.82, 2.24) is 24.1 Å². The van der Waals surface area contributed by atoms with E-state index in [9.17, 15) is 14.4 Å². The molecule has 0 aliphatic heterocycles. The summed E-state index contributed by atoms with van der Waals surface area (Å²) < 4.78 is 7.52. The number of hydrogen-bond acceptors (Lipinski definition) is 8. The Hall–Kier alpha value is -2.34. The molecule has 0 bridgehead atoms. The van der Waals surface area contributed by atoms with Crippen LogP contribution in [0.2, 0.25) is 10.0 Å². The molecule has 0 aliphatic rings. The molecule has 10 nitrogen and oxygen atoms in total. The molecule has 0 saturated heterocycles. The maximum atomic E-state index is 12.6.